The Hall–Kier alpha value is -13.5. The van der Waals surface area contributed by atoms with Crippen LogP contribution in [0, 0.1) is 17.8 Å². The minimum atomic E-state index is -2.02. The molecule has 0 saturated carbocycles. The molecule has 1 aliphatic heterocycles. The molecule has 7 rings (SSSR count). The smallest absolute Gasteiger partial charge is 0.305 e. The third-order valence-corrected chi connectivity index (χ3v) is 22.7. The van der Waals surface area contributed by atoms with Gasteiger partial charge in [0.15, 0.2) is 0 Å². The maximum Gasteiger partial charge on any atom is 0.305 e. The first-order valence-corrected chi connectivity index (χ1v) is 44.1. The van der Waals surface area contributed by atoms with E-state index in [1.165, 1.54) is 70.1 Å². The van der Waals surface area contributed by atoms with Crippen molar-refractivity contribution in [1.82, 2.24) is 105 Å². The predicted molar refractivity (Wildman–Crippen MR) is 469 cm³/mol. The van der Waals surface area contributed by atoms with Gasteiger partial charge < -0.3 is 121 Å². The largest absolute Gasteiger partial charge is 0.508 e. The summed E-state index contributed by atoms with van der Waals surface area (Å²) >= 11 is 0. The molecule has 698 valence electrons. The number of carbonyl (C=O) groups is 18. The first kappa shape index (κ1) is 103. The Bertz CT molecular complexity index is 4890. The van der Waals surface area contributed by atoms with Crippen LogP contribution in [0.5, 0.6) is 5.75 Å². The van der Waals surface area contributed by atoms with Crippen molar-refractivity contribution >= 4 is 139 Å². The van der Waals surface area contributed by atoms with Crippen LogP contribution in [0.25, 0.3) is 10.9 Å². The number of hydrogen-bond acceptors (Lipinski definition) is 24. The van der Waals surface area contributed by atoms with Gasteiger partial charge in [-0.15, -0.1) is 0 Å². The van der Waals surface area contributed by atoms with E-state index in [-0.39, 0.29) is 62.3 Å². The van der Waals surface area contributed by atoms with E-state index < -0.39 is 246 Å². The highest BCUT2D eigenvalue weighted by Crippen LogP contribution is 2.26. The van der Waals surface area contributed by atoms with Gasteiger partial charge in [0.25, 0.3) is 0 Å². The number of imidazole rings is 2. The Morgan fingerprint density at radius 3 is 1.67 bits per heavy atom. The van der Waals surface area contributed by atoms with E-state index >= 15 is 14.4 Å². The van der Waals surface area contributed by atoms with Gasteiger partial charge in [-0.25, -0.2) is 9.97 Å². The standard InChI is InChI=1S/C84H113N21O22S2/c1-41(2)25-57-73(116)89-36-66(109)94-55(23-24-67(110)111)74(117)98-58(26-42(3)4)80(123)104-69(43(5)6)83(126)101-61(29-49-33-88-54-18-14-13-17-53(49)54)77(120)103-65(82(125)105-70(45(8)106)84(127)100-60(27-47-15-11-10-12-16-47)75(118)95-56(71(85)114)30-50-34-86-39-90-50)38-129-128-37-64(102-79(122)63(32-68(112)113)93-46(9)107)81(124)92-44(7)72(115)96-59(28-48-19-21-52(108)22-20-48)76(119)99-62(78(121)97-57)31-51-35-87-40-91-51/h10-22,33-35,39-45,55-65,69-70,88,106,108H,23-32,36-38H2,1-9H3,(H2,85,114)(H,86,90)(H,87,91)(H,89,116)(H,92,124)(H,93,107)(H,94,109)(H,95,118)(H,96,115)(H,97,121)(H,98,117)(H,99,119)(H,100,127)(H,101,126)(H,102,122)(H,103,120)(H,104,123)(H,105,125)(H,110,111)(H,112,113)/t44-,45+,55-,56-,57-,58-,59-,60-,61-,62-,63-,64-,65-,69-,70-/m0/s1. The number of aliphatic hydroxyl groups excluding tert-OH is 1. The number of H-pyrrole nitrogens is 3. The van der Waals surface area contributed by atoms with Gasteiger partial charge in [-0.2, -0.15) is 0 Å². The molecule has 1 aliphatic rings. The first-order valence-electron chi connectivity index (χ1n) is 41.6. The number of aromatic amines is 3. The van der Waals surface area contributed by atoms with E-state index in [1.54, 1.807) is 88.5 Å². The van der Waals surface area contributed by atoms with Crippen molar-refractivity contribution in [2.24, 2.45) is 23.5 Å². The van der Waals surface area contributed by atoms with E-state index in [0.29, 0.717) is 54.9 Å². The molecule has 43 nitrogen and oxygen atoms in total. The average Bonchev–Trinajstić information content (AvgIpc) is 1.69. The van der Waals surface area contributed by atoms with Crippen LogP contribution in [0.4, 0.5) is 0 Å². The van der Waals surface area contributed by atoms with Gasteiger partial charge in [-0.05, 0) is 85.8 Å². The van der Waals surface area contributed by atoms with Gasteiger partial charge in [-0.1, -0.05) is 124 Å². The van der Waals surface area contributed by atoms with Crippen LogP contribution in [0.15, 0.2) is 110 Å². The zero-order chi connectivity index (χ0) is 94.9. The number of primary amides is 1. The normalized spacial score (nSPS) is 21.5. The lowest BCUT2D eigenvalue weighted by Gasteiger charge is -2.30. The van der Waals surface area contributed by atoms with Crippen molar-refractivity contribution in [3.63, 3.8) is 0 Å². The Labute approximate surface area is 749 Å². The highest BCUT2D eigenvalue weighted by atomic mass is 33.1. The van der Waals surface area contributed by atoms with Gasteiger partial charge in [0.05, 0.1) is 31.7 Å². The summed E-state index contributed by atoms with van der Waals surface area (Å²) in [5.41, 5.74) is 8.19. The minimum absolute atomic E-state index is 0.0902. The number of phenolic OH excluding ortho intramolecular Hbond substituents is 1. The highest BCUT2D eigenvalue weighted by molar-refractivity contribution is 8.76. The van der Waals surface area contributed by atoms with E-state index in [0.717, 1.165) is 13.8 Å². The summed E-state index contributed by atoms with van der Waals surface area (Å²) in [5.74, 6) is -23.0. The number of nitrogens with two attached hydrogens (primary N) is 1. The summed E-state index contributed by atoms with van der Waals surface area (Å²) in [6.07, 6.45) is 0.958. The van der Waals surface area contributed by atoms with Gasteiger partial charge in [0.1, 0.15) is 90.3 Å². The number of carbonyl (C=O) groups excluding carboxylic acids is 16. The second kappa shape index (κ2) is 50.2. The van der Waals surface area contributed by atoms with Crippen LogP contribution in [0.3, 0.4) is 0 Å². The minimum Gasteiger partial charge on any atom is -0.508 e. The molecule has 3 aromatic carbocycles. The van der Waals surface area contributed by atoms with Crippen molar-refractivity contribution in [1.29, 1.82) is 0 Å². The number of rotatable bonds is 31. The lowest BCUT2D eigenvalue weighted by Crippen LogP contribution is -2.63. The van der Waals surface area contributed by atoms with Crippen molar-refractivity contribution < 1.29 is 107 Å². The molecule has 16 amide bonds. The number of nitrogens with one attached hydrogen (secondary N) is 18. The lowest BCUT2D eigenvalue weighted by molar-refractivity contribution is -0.141. The van der Waals surface area contributed by atoms with E-state index in [2.05, 4.69) is 105 Å². The van der Waals surface area contributed by atoms with Crippen LogP contribution >= 0.6 is 21.6 Å². The number of carboxylic acids is 2. The number of fused-ring (bicyclic) bond motifs is 1. The molecule has 3 aromatic heterocycles. The Morgan fingerprint density at radius 2 is 1.08 bits per heavy atom. The lowest BCUT2D eigenvalue weighted by atomic mass is 9.98. The first-order chi connectivity index (χ1) is 61.1. The number of para-hydroxylation sites is 1. The van der Waals surface area contributed by atoms with E-state index in [1.807, 2.05) is 0 Å². The third-order valence-electron chi connectivity index (χ3n) is 20.3. The van der Waals surface area contributed by atoms with E-state index in [9.17, 15) is 92.3 Å². The number of benzene rings is 3. The maximum atomic E-state index is 15.6. The van der Waals surface area contributed by atoms with Gasteiger partial charge >= 0.3 is 11.9 Å². The predicted octanol–water partition coefficient (Wildman–Crippen LogP) is -2.88. The van der Waals surface area contributed by atoms with Gasteiger partial charge in [-0.3, -0.25) is 86.3 Å². The van der Waals surface area contributed by atoms with Crippen LogP contribution in [-0.2, 0) is 118 Å². The van der Waals surface area contributed by atoms with Crippen molar-refractivity contribution in [3.05, 3.63) is 138 Å². The third kappa shape index (κ3) is 33.7. The van der Waals surface area contributed by atoms with Crippen molar-refractivity contribution in [2.45, 2.75) is 217 Å². The fraction of sp³-hybridized carbons (Fsp3) is 0.476. The van der Waals surface area contributed by atoms with Crippen LogP contribution < -0.4 is 85.5 Å². The van der Waals surface area contributed by atoms with Gasteiger partial charge in [0.2, 0.25) is 94.5 Å². The number of nitrogens with zero attached hydrogens (tertiary/aromatic N) is 2. The molecule has 129 heavy (non-hydrogen) atoms. The molecular formula is C84H113N21O22S2. The zero-order valence-corrected chi connectivity index (χ0v) is 74.0. The molecule has 0 unspecified atom stereocenters. The molecule has 1 saturated heterocycles. The summed E-state index contributed by atoms with van der Waals surface area (Å²) in [7, 11) is 1.40. The Morgan fingerprint density at radius 1 is 0.519 bits per heavy atom. The number of hydrogen-bond donors (Lipinski definition) is 23. The molecular weight excluding hydrogens is 1720 g/mol. The maximum absolute atomic E-state index is 15.6. The second-order valence-electron chi connectivity index (χ2n) is 32.3. The quantitative estimate of drug-likeness (QED) is 0.0195. The fourth-order valence-electron chi connectivity index (χ4n) is 13.5. The summed E-state index contributed by atoms with van der Waals surface area (Å²) < 4.78 is 0. The molecule has 15 atom stereocenters. The Balaban J connectivity index is 1.34. The molecule has 4 heterocycles. The number of phenols is 1. The Kier molecular flexibility index (Phi) is 39.9. The van der Waals surface area contributed by atoms with Gasteiger partial charge in [0, 0.05) is 97.8 Å². The monoisotopic (exact) mass is 1830 g/mol. The molecule has 0 bridgehead atoms. The van der Waals surface area contributed by atoms with E-state index in [4.69, 9.17) is 5.73 Å². The molecule has 1 fully saturated rings. The fourth-order valence-corrected chi connectivity index (χ4v) is 15.8. The number of aromatic hydroxyl groups is 1. The average molecular weight is 1830 g/mol. The summed E-state index contributed by atoms with van der Waals surface area (Å²) in [6.45, 7) is 12.2. The van der Waals surface area contributed by atoms with Crippen LogP contribution in [0.1, 0.15) is 122 Å². The number of aliphatic hydroxyl groups is 1. The molecule has 0 aliphatic carbocycles. The molecule has 45 heteroatoms. The van der Waals surface area contributed by atoms with Crippen LogP contribution in [-0.4, -0.2) is 261 Å². The number of carboxylic acid groups (broad SMARTS) is 2. The number of amides is 16. The van der Waals surface area contributed by atoms with Crippen molar-refractivity contribution in [2.75, 3.05) is 18.1 Å². The summed E-state index contributed by atoms with van der Waals surface area (Å²) in [5, 5.41) is 79.9. The highest BCUT2D eigenvalue weighted by Gasteiger charge is 2.40. The topological polar surface area (TPSA) is 668 Å². The molecule has 0 spiro atoms. The number of aliphatic carboxylic acids is 2. The zero-order valence-electron chi connectivity index (χ0n) is 72.4. The molecule has 24 N–H and O–H groups in total. The second-order valence-corrected chi connectivity index (χ2v) is 34.8. The molecule has 0 radical (unpaired) electrons. The summed E-state index contributed by atoms with van der Waals surface area (Å²) in [4.78, 5) is 273. The summed E-state index contributed by atoms with van der Waals surface area (Å²) in [6, 6.07) is -3.15. The van der Waals surface area contributed by atoms with Crippen LogP contribution in [0.2, 0.25) is 0 Å². The van der Waals surface area contributed by atoms with Crippen molar-refractivity contribution in [3.8, 4) is 5.75 Å². The number of aromatic nitrogens is 5. The molecule has 6 aromatic rings. The SMILES string of the molecule is CC(=O)N[C@@H](CC(=O)O)C(=O)N[C@H]1CSSC[C@@H](C(=O)N[C@H](C(=O)N[C@@H](Cc2ccccc2)C(=O)N[C@@H](Cc2cnc[nH]2)C(N)=O)[C@@H](C)O)NC(=O)[C@H](Cc2c[nH]c3ccccc23)NC(=O)[C@H](C(C)C)NC(=O)[C@H](CC(C)C)NC(=O)[C@H](CCC(=O)O)NC(=O)CNC(=O)[C@H](CC(C)C)NC(=O)[C@H](Cc2cnc[nH]2)NC(=O)[C@H](Cc2ccc(O)cc2)NC(=O)[C@H](C)NC1=O.